The van der Waals surface area contributed by atoms with Gasteiger partial charge in [0.1, 0.15) is 0 Å². The molecule has 1 heterocycles. The molecule has 0 atom stereocenters. The second-order valence-corrected chi connectivity index (χ2v) is 5.95. The largest absolute Gasteiger partial charge is 0.379 e. The Hall–Kier alpha value is -1.46. The van der Waals surface area contributed by atoms with E-state index in [-0.39, 0.29) is 18.3 Å². The molecular formula is C16H22ClN3OS. The van der Waals surface area contributed by atoms with Gasteiger partial charge in [0.25, 0.3) is 5.91 Å². The number of hydrogen-bond donors (Lipinski definition) is 1. The standard InChI is InChI=1S/C16H21N3OS.ClH/c1-2-9-18-16(17)21-12-13-5-7-14(8-6-13)15(20)19-10-3-4-11-19;/h2,5-8H,1,3-4,9-12H2,(H2,17,18);1H. The van der Waals surface area contributed by atoms with Crippen LogP contribution in [-0.2, 0) is 5.75 Å². The number of aliphatic imine (C=N–C) groups is 1. The summed E-state index contributed by atoms with van der Waals surface area (Å²) in [5.74, 6) is 0.892. The molecule has 1 aromatic rings. The van der Waals surface area contributed by atoms with Gasteiger partial charge in [-0.25, -0.2) is 0 Å². The highest BCUT2D eigenvalue weighted by atomic mass is 35.5. The number of nitrogens with zero attached hydrogens (tertiary/aromatic N) is 2. The molecule has 6 heteroatoms. The Bertz CT molecular complexity index is 525. The second-order valence-electron chi connectivity index (χ2n) is 4.95. The number of amides is 1. The van der Waals surface area contributed by atoms with Crippen molar-refractivity contribution in [2.75, 3.05) is 19.6 Å². The Morgan fingerprint density at radius 1 is 1.32 bits per heavy atom. The van der Waals surface area contributed by atoms with Gasteiger partial charge in [0.05, 0.1) is 6.54 Å². The summed E-state index contributed by atoms with van der Waals surface area (Å²) < 4.78 is 0. The Morgan fingerprint density at radius 2 is 1.95 bits per heavy atom. The molecule has 0 radical (unpaired) electrons. The number of benzene rings is 1. The Balaban J connectivity index is 0.00000242. The highest BCUT2D eigenvalue weighted by molar-refractivity contribution is 8.13. The van der Waals surface area contributed by atoms with Crippen molar-refractivity contribution in [2.45, 2.75) is 18.6 Å². The molecule has 120 valence electrons. The monoisotopic (exact) mass is 339 g/mol. The fourth-order valence-electron chi connectivity index (χ4n) is 2.20. The molecule has 1 aliphatic rings. The van der Waals surface area contributed by atoms with Crippen molar-refractivity contribution in [3.8, 4) is 0 Å². The van der Waals surface area contributed by atoms with Crippen LogP contribution in [0.5, 0.6) is 0 Å². The van der Waals surface area contributed by atoms with Crippen molar-refractivity contribution in [3.63, 3.8) is 0 Å². The molecule has 2 rings (SSSR count). The molecule has 0 saturated carbocycles. The van der Waals surface area contributed by atoms with Gasteiger partial charge in [0.2, 0.25) is 0 Å². The van der Waals surface area contributed by atoms with Gasteiger partial charge in [-0.1, -0.05) is 30.0 Å². The molecule has 1 fully saturated rings. The van der Waals surface area contributed by atoms with Crippen LogP contribution < -0.4 is 5.73 Å². The first kappa shape index (κ1) is 18.6. The second kappa shape index (κ2) is 9.54. The first-order chi connectivity index (χ1) is 10.2. The van der Waals surface area contributed by atoms with Crippen LogP contribution in [-0.4, -0.2) is 35.6 Å². The highest BCUT2D eigenvalue weighted by Crippen LogP contribution is 2.16. The normalized spacial score (nSPS) is 14.5. The zero-order valence-electron chi connectivity index (χ0n) is 12.5. The molecule has 1 aromatic carbocycles. The van der Waals surface area contributed by atoms with Crippen molar-refractivity contribution in [1.82, 2.24) is 4.90 Å². The van der Waals surface area contributed by atoms with Gasteiger partial charge in [-0.15, -0.1) is 19.0 Å². The van der Waals surface area contributed by atoms with E-state index >= 15 is 0 Å². The summed E-state index contributed by atoms with van der Waals surface area (Å²) >= 11 is 1.49. The summed E-state index contributed by atoms with van der Waals surface area (Å²) in [5.41, 5.74) is 7.67. The maximum Gasteiger partial charge on any atom is 0.253 e. The van der Waals surface area contributed by atoms with E-state index in [0.717, 1.165) is 42.8 Å². The van der Waals surface area contributed by atoms with E-state index in [0.29, 0.717) is 11.7 Å². The molecule has 0 bridgehead atoms. The molecule has 2 N–H and O–H groups in total. The predicted molar refractivity (Wildman–Crippen MR) is 96.8 cm³/mol. The van der Waals surface area contributed by atoms with E-state index in [9.17, 15) is 4.79 Å². The Kier molecular flexibility index (Phi) is 8.06. The number of carbonyl (C=O) groups is 1. The van der Waals surface area contributed by atoms with E-state index in [1.54, 1.807) is 6.08 Å². The van der Waals surface area contributed by atoms with Crippen molar-refractivity contribution in [1.29, 1.82) is 0 Å². The van der Waals surface area contributed by atoms with E-state index in [1.165, 1.54) is 11.8 Å². The van der Waals surface area contributed by atoms with Gasteiger partial charge in [0.15, 0.2) is 5.17 Å². The third kappa shape index (κ3) is 5.39. The van der Waals surface area contributed by atoms with Crippen LogP contribution in [0.2, 0.25) is 0 Å². The summed E-state index contributed by atoms with van der Waals surface area (Å²) in [5, 5.41) is 0.562. The molecule has 1 aliphatic heterocycles. The quantitative estimate of drug-likeness (QED) is 0.509. The number of halogens is 1. The van der Waals surface area contributed by atoms with Crippen molar-refractivity contribution in [3.05, 3.63) is 48.0 Å². The lowest BCUT2D eigenvalue weighted by Gasteiger charge is -2.15. The van der Waals surface area contributed by atoms with Crippen LogP contribution >= 0.6 is 24.2 Å². The highest BCUT2D eigenvalue weighted by Gasteiger charge is 2.18. The molecule has 0 aliphatic carbocycles. The third-order valence-corrected chi connectivity index (χ3v) is 4.26. The zero-order valence-corrected chi connectivity index (χ0v) is 14.2. The number of likely N-dealkylation sites (tertiary alicyclic amines) is 1. The van der Waals surface area contributed by atoms with Gasteiger partial charge in [-0.3, -0.25) is 9.79 Å². The molecule has 0 aromatic heterocycles. The van der Waals surface area contributed by atoms with Crippen molar-refractivity contribution >= 4 is 35.2 Å². The fraction of sp³-hybridized carbons (Fsp3) is 0.375. The Labute approximate surface area is 142 Å². The van der Waals surface area contributed by atoms with Gasteiger partial charge in [-0.2, -0.15) is 0 Å². The maximum atomic E-state index is 12.2. The average Bonchev–Trinajstić information content (AvgIpc) is 3.05. The van der Waals surface area contributed by atoms with Crippen molar-refractivity contribution < 1.29 is 4.79 Å². The van der Waals surface area contributed by atoms with Crippen LogP contribution in [0.15, 0.2) is 41.9 Å². The minimum atomic E-state index is 0. The number of hydrogen-bond acceptors (Lipinski definition) is 3. The minimum absolute atomic E-state index is 0. The zero-order chi connectivity index (χ0) is 15.1. The average molecular weight is 340 g/mol. The summed E-state index contributed by atoms with van der Waals surface area (Å²) in [4.78, 5) is 18.3. The van der Waals surface area contributed by atoms with Crippen molar-refractivity contribution in [2.24, 2.45) is 10.7 Å². The summed E-state index contributed by atoms with van der Waals surface area (Å²) in [7, 11) is 0. The first-order valence-electron chi connectivity index (χ1n) is 7.12. The fourth-order valence-corrected chi connectivity index (χ4v) is 2.88. The molecule has 22 heavy (non-hydrogen) atoms. The van der Waals surface area contributed by atoms with E-state index in [1.807, 2.05) is 29.2 Å². The minimum Gasteiger partial charge on any atom is -0.379 e. The van der Waals surface area contributed by atoms with Crippen LogP contribution in [0.3, 0.4) is 0 Å². The van der Waals surface area contributed by atoms with Crippen LogP contribution in [0, 0.1) is 0 Å². The van der Waals surface area contributed by atoms with E-state index < -0.39 is 0 Å². The van der Waals surface area contributed by atoms with Crippen LogP contribution in [0.1, 0.15) is 28.8 Å². The van der Waals surface area contributed by atoms with Crippen LogP contribution in [0.25, 0.3) is 0 Å². The number of amidine groups is 1. The predicted octanol–water partition coefficient (Wildman–Crippen LogP) is 3.08. The SMILES string of the molecule is C=CCN=C(N)SCc1ccc(C(=O)N2CCCC2)cc1.Cl. The lowest BCUT2D eigenvalue weighted by atomic mass is 10.1. The maximum absolute atomic E-state index is 12.2. The number of nitrogens with two attached hydrogens (primary N) is 1. The molecule has 1 amide bonds. The van der Waals surface area contributed by atoms with Gasteiger partial charge in [0, 0.05) is 24.4 Å². The first-order valence-corrected chi connectivity index (χ1v) is 8.11. The number of rotatable bonds is 5. The van der Waals surface area contributed by atoms with Gasteiger partial charge >= 0.3 is 0 Å². The number of thioether (sulfide) groups is 1. The van der Waals surface area contributed by atoms with E-state index in [4.69, 9.17) is 5.73 Å². The number of carbonyl (C=O) groups excluding carboxylic acids is 1. The van der Waals surface area contributed by atoms with Gasteiger partial charge in [-0.05, 0) is 30.5 Å². The van der Waals surface area contributed by atoms with Gasteiger partial charge < -0.3 is 10.6 Å². The lowest BCUT2D eigenvalue weighted by molar-refractivity contribution is 0.0793. The smallest absolute Gasteiger partial charge is 0.253 e. The molecule has 1 saturated heterocycles. The summed E-state index contributed by atoms with van der Waals surface area (Å²) in [6, 6.07) is 7.76. The Morgan fingerprint density at radius 3 is 2.55 bits per heavy atom. The third-order valence-electron chi connectivity index (χ3n) is 3.36. The topological polar surface area (TPSA) is 58.7 Å². The molecule has 0 unspecified atom stereocenters. The molecule has 4 nitrogen and oxygen atoms in total. The summed E-state index contributed by atoms with van der Waals surface area (Å²) in [6.45, 7) is 5.91. The lowest BCUT2D eigenvalue weighted by Crippen LogP contribution is -2.27. The molecule has 0 spiro atoms. The summed E-state index contributed by atoms with van der Waals surface area (Å²) in [6.07, 6.45) is 3.94. The van der Waals surface area contributed by atoms with E-state index in [2.05, 4.69) is 11.6 Å². The van der Waals surface area contributed by atoms with Crippen LogP contribution in [0.4, 0.5) is 0 Å². The molecular weight excluding hydrogens is 318 g/mol.